The van der Waals surface area contributed by atoms with Crippen molar-refractivity contribution in [1.82, 2.24) is 9.97 Å². The van der Waals surface area contributed by atoms with Gasteiger partial charge in [0.05, 0.1) is 16.6 Å². The Morgan fingerprint density at radius 2 is 2.18 bits per heavy atom. The lowest BCUT2D eigenvalue weighted by Crippen LogP contribution is -2.10. The number of nitrogens with one attached hydrogen (secondary N) is 1. The van der Waals surface area contributed by atoms with Crippen molar-refractivity contribution in [2.24, 2.45) is 0 Å². The Morgan fingerprint density at radius 3 is 2.88 bits per heavy atom. The average Bonchev–Trinajstić information content (AvgIpc) is 3.21. The predicted octanol–water partition coefficient (Wildman–Crippen LogP) is 2.51. The van der Waals surface area contributed by atoms with E-state index in [0.717, 1.165) is 36.1 Å². The number of aliphatic hydroxyl groups is 1. The number of fused-ring (bicyclic) bond motifs is 1. The molecular weight excluding hydrogens is 212 g/mol. The number of benzene rings is 1. The Kier molecular flexibility index (Phi) is 1.76. The van der Waals surface area contributed by atoms with Gasteiger partial charge in [-0.2, -0.15) is 0 Å². The number of aromatic nitrogens is 2. The summed E-state index contributed by atoms with van der Waals surface area (Å²) in [5.41, 5.74) is 2.98. The Hall–Kier alpha value is -1.35. The molecule has 2 fully saturated rings. The second-order valence-corrected chi connectivity index (χ2v) is 5.65. The molecule has 3 heteroatoms. The van der Waals surface area contributed by atoms with Crippen molar-refractivity contribution < 1.29 is 5.11 Å². The molecule has 88 valence electrons. The first kappa shape index (κ1) is 9.66. The van der Waals surface area contributed by atoms with Crippen LogP contribution in [0.2, 0.25) is 0 Å². The molecule has 2 N–H and O–H groups in total. The minimum atomic E-state index is -0.410. The van der Waals surface area contributed by atoms with Gasteiger partial charge in [0.2, 0.25) is 0 Å². The summed E-state index contributed by atoms with van der Waals surface area (Å²) in [7, 11) is 0. The van der Waals surface area contributed by atoms with Gasteiger partial charge in [-0.05, 0) is 43.4 Å². The number of hydrogen-bond donors (Lipinski definition) is 2. The lowest BCUT2D eigenvalue weighted by molar-refractivity contribution is 0.151. The molecule has 0 atom stereocenters. The van der Waals surface area contributed by atoms with Crippen LogP contribution in [0.25, 0.3) is 11.0 Å². The summed E-state index contributed by atoms with van der Waals surface area (Å²) < 4.78 is 0. The normalized spacial score (nSPS) is 21.9. The van der Waals surface area contributed by atoms with Crippen molar-refractivity contribution in [3.63, 3.8) is 0 Å². The van der Waals surface area contributed by atoms with Crippen LogP contribution in [-0.2, 0) is 6.42 Å². The highest BCUT2D eigenvalue weighted by Crippen LogP contribution is 2.40. The first-order chi connectivity index (χ1) is 8.22. The summed E-state index contributed by atoms with van der Waals surface area (Å²) in [6.45, 7) is 0. The molecule has 2 aliphatic rings. The number of imidazole rings is 1. The zero-order valence-corrected chi connectivity index (χ0v) is 9.74. The van der Waals surface area contributed by atoms with Crippen LogP contribution in [0, 0.1) is 0 Å². The molecule has 0 saturated heterocycles. The number of nitrogens with zero attached hydrogens (tertiary/aromatic N) is 1. The monoisotopic (exact) mass is 228 g/mol. The largest absolute Gasteiger partial charge is 0.390 e. The van der Waals surface area contributed by atoms with Crippen LogP contribution in [0.5, 0.6) is 0 Å². The second-order valence-electron chi connectivity index (χ2n) is 5.65. The summed E-state index contributed by atoms with van der Waals surface area (Å²) in [5, 5.41) is 9.93. The van der Waals surface area contributed by atoms with Crippen molar-refractivity contribution in [3.8, 4) is 0 Å². The van der Waals surface area contributed by atoms with Gasteiger partial charge in [0.1, 0.15) is 5.82 Å². The Bertz CT molecular complexity index is 579. The fourth-order valence-electron chi connectivity index (χ4n) is 2.44. The Morgan fingerprint density at radius 1 is 1.35 bits per heavy atom. The first-order valence-electron chi connectivity index (χ1n) is 6.43. The van der Waals surface area contributed by atoms with E-state index in [0.29, 0.717) is 5.92 Å². The van der Waals surface area contributed by atoms with E-state index in [2.05, 4.69) is 28.2 Å². The predicted molar refractivity (Wildman–Crippen MR) is 66.0 cm³/mol. The number of rotatable bonds is 3. The molecule has 0 bridgehead atoms. The van der Waals surface area contributed by atoms with Gasteiger partial charge in [0.15, 0.2) is 0 Å². The molecule has 4 rings (SSSR count). The lowest BCUT2D eigenvalue weighted by atomic mass is 10.1. The summed E-state index contributed by atoms with van der Waals surface area (Å²) in [6.07, 6.45) is 5.21. The van der Waals surface area contributed by atoms with E-state index < -0.39 is 5.60 Å². The van der Waals surface area contributed by atoms with Crippen molar-refractivity contribution >= 4 is 11.0 Å². The maximum absolute atomic E-state index is 9.93. The summed E-state index contributed by atoms with van der Waals surface area (Å²) in [4.78, 5) is 8.02. The van der Waals surface area contributed by atoms with E-state index in [4.69, 9.17) is 0 Å². The third-order valence-electron chi connectivity index (χ3n) is 3.89. The fourth-order valence-corrected chi connectivity index (χ4v) is 2.44. The van der Waals surface area contributed by atoms with E-state index in [1.165, 1.54) is 18.4 Å². The molecule has 0 aliphatic heterocycles. The minimum absolute atomic E-state index is 0.410. The minimum Gasteiger partial charge on any atom is -0.390 e. The van der Waals surface area contributed by atoms with Crippen molar-refractivity contribution in [3.05, 3.63) is 29.6 Å². The summed E-state index contributed by atoms with van der Waals surface area (Å²) in [6, 6.07) is 6.30. The molecule has 2 aromatic rings. The van der Waals surface area contributed by atoms with Crippen molar-refractivity contribution in [2.45, 2.75) is 43.6 Å². The van der Waals surface area contributed by atoms with Crippen LogP contribution in [0.3, 0.4) is 0 Å². The zero-order chi connectivity index (χ0) is 11.5. The molecule has 0 unspecified atom stereocenters. The molecule has 1 aromatic heterocycles. The van der Waals surface area contributed by atoms with Gasteiger partial charge >= 0.3 is 0 Å². The average molecular weight is 228 g/mol. The lowest BCUT2D eigenvalue weighted by Gasteiger charge is -2.06. The van der Waals surface area contributed by atoms with Gasteiger partial charge < -0.3 is 10.1 Å². The SMILES string of the molecule is OC1(Cc2ccc3nc(C4CC4)[nH]c3c2)CC1. The fraction of sp³-hybridized carbons (Fsp3) is 0.500. The van der Waals surface area contributed by atoms with Crippen LogP contribution in [0.15, 0.2) is 18.2 Å². The van der Waals surface area contributed by atoms with E-state index in [-0.39, 0.29) is 0 Å². The van der Waals surface area contributed by atoms with Crippen molar-refractivity contribution in [2.75, 3.05) is 0 Å². The van der Waals surface area contributed by atoms with Crippen LogP contribution >= 0.6 is 0 Å². The van der Waals surface area contributed by atoms with Crippen LogP contribution < -0.4 is 0 Å². The highest BCUT2D eigenvalue weighted by atomic mass is 16.3. The Balaban J connectivity index is 1.70. The molecular formula is C14H16N2O. The second kappa shape index (κ2) is 3.10. The molecule has 1 heterocycles. The number of H-pyrrole nitrogens is 1. The summed E-state index contributed by atoms with van der Waals surface area (Å²) >= 11 is 0. The van der Waals surface area contributed by atoms with E-state index >= 15 is 0 Å². The van der Waals surface area contributed by atoms with Crippen LogP contribution in [0.1, 0.15) is 43.0 Å². The number of aromatic amines is 1. The molecule has 0 radical (unpaired) electrons. The standard InChI is InChI=1S/C14H16N2O/c17-14(5-6-14)8-9-1-4-11-12(7-9)16-13(15-11)10-2-3-10/h1,4,7,10,17H,2-3,5-6,8H2,(H,15,16). The third-order valence-corrected chi connectivity index (χ3v) is 3.89. The molecule has 0 amide bonds. The summed E-state index contributed by atoms with van der Waals surface area (Å²) in [5.74, 6) is 1.81. The highest BCUT2D eigenvalue weighted by molar-refractivity contribution is 5.76. The van der Waals surface area contributed by atoms with Gasteiger partial charge in [-0.15, -0.1) is 0 Å². The Labute approximate surface area is 99.9 Å². The molecule has 0 spiro atoms. The van der Waals surface area contributed by atoms with E-state index in [1.54, 1.807) is 0 Å². The van der Waals surface area contributed by atoms with Crippen LogP contribution in [0.4, 0.5) is 0 Å². The van der Waals surface area contributed by atoms with Gasteiger partial charge in [0.25, 0.3) is 0 Å². The van der Waals surface area contributed by atoms with Gasteiger partial charge in [-0.25, -0.2) is 4.98 Å². The third kappa shape index (κ3) is 1.75. The smallest absolute Gasteiger partial charge is 0.110 e. The molecule has 3 nitrogen and oxygen atoms in total. The molecule has 17 heavy (non-hydrogen) atoms. The highest BCUT2D eigenvalue weighted by Gasteiger charge is 2.40. The van der Waals surface area contributed by atoms with Crippen molar-refractivity contribution in [1.29, 1.82) is 0 Å². The number of hydrogen-bond acceptors (Lipinski definition) is 2. The van der Waals surface area contributed by atoms with Gasteiger partial charge in [-0.1, -0.05) is 6.07 Å². The van der Waals surface area contributed by atoms with Gasteiger partial charge in [0, 0.05) is 12.3 Å². The first-order valence-corrected chi connectivity index (χ1v) is 6.43. The van der Waals surface area contributed by atoms with Crippen LogP contribution in [-0.4, -0.2) is 20.7 Å². The molecule has 2 aliphatic carbocycles. The molecule has 2 saturated carbocycles. The zero-order valence-electron chi connectivity index (χ0n) is 9.74. The van der Waals surface area contributed by atoms with E-state index in [9.17, 15) is 5.11 Å². The molecule has 1 aromatic carbocycles. The topological polar surface area (TPSA) is 48.9 Å². The quantitative estimate of drug-likeness (QED) is 0.848. The maximum atomic E-state index is 9.93. The van der Waals surface area contributed by atoms with Gasteiger partial charge in [-0.3, -0.25) is 0 Å². The van der Waals surface area contributed by atoms with E-state index in [1.807, 2.05) is 0 Å². The maximum Gasteiger partial charge on any atom is 0.110 e.